The number of piperidine rings is 3. The van der Waals surface area contributed by atoms with Gasteiger partial charge in [0.2, 0.25) is 30.1 Å². The number of rotatable bonds is 29. The summed E-state index contributed by atoms with van der Waals surface area (Å²) in [5.41, 5.74) is 18.4. The topological polar surface area (TPSA) is 246 Å². The van der Waals surface area contributed by atoms with E-state index in [9.17, 15) is 39.6 Å². The van der Waals surface area contributed by atoms with E-state index in [4.69, 9.17) is 19.9 Å². The molecule has 109 heavy (non-hydrogen) atoms. The minimum atomic E-state index is -3.73. The van der Waals surface area contributed by atoms with Gasteiger partial charge in [-0.3, -0.25) is 14.4 Å². The lowest BCUT2D eigenvalue weighted by Crippen LogP contribution is -2.41. The third-order valence-electron chi connectivity index (χ3n) is 21.9. The van der Waals surface area contributed by atoms with Crippen molar-refractivity contribution in [1.29, 1.82) is 0 Å². The van der Waals surface area contributed by atoms with Gasteiger partial charge in [0, 0.05) is 147 Å². The summed E-state index contributed by atoms with van der Waals surface area (Å²) in [7, 11) is 11.0. The highest BCUT2D eigenvalue weighted by Crippen LogP contribution is 2.36. The lowest BCUT2D eigenvalue weighted by Gasteiger charge is -2.36. The molecule has 0 spiro atoms. The van der Waals surface area contributed by atoms with E-state index >= 15 is 0 Å². The number of ketones is 2. The molecule has 3 heterocycles. The van der Waals surface area contributed by atoms with Crippen LogP contribution in [-0.4, -0.2) is 239 Å². The first-order valence-corrected chi connectivity index (χ1v) is 41.9. The maximum absolute atomic E-state index is 13.3. The van der Waals surface area contributed by atoms with Gasteiger partial charge in [0.15, 0.2) is 0 Å². The van der Waals surface area contributed by atoms with E-state index in [1.165, 1.54) is 64.0 Å². The van der Waals surface area contributed by atoms with Crippen molar-refractivity contribution in [3.8, 4) is 17.2 Å². The van der Waals surface area contributed by atoms with Crippen molar-refractivity contribution in [3.05, 3.63) is 152 Å². The molecule has 3 saturated heterocycles. The Balaban J connectivity index is 0.000000238. The number of likely N-dealkylation sites (N-methyl/N-ethyl adjacent to an activating group) is 1. The van der Waals surface area contributed by atoms with Crippen LogP contribution in [0.25, 0.3) is 0 Å². The zero-order valence-electron chi connectivity index (χ0n) is 68.7. The number of nitrogen functional groups attached to an aromatic ring is 1. The van der Waals surface area contributed by atoms with Gasteiger partial charge in [-0.1, -0.05) is 24.3 Å². The summed E-state index contributed by atoms with van der Waals surface area (Å²) >= 11 is 0. The largest absolute Gasteiger partial charge is 0.496 e. The number of nitrogens with zero attached hydrogens (tertiary/aromatic N) is 9. The number of aryl methyl sites for hydroxylation is 3. The first kappa shape index (κ1) is 90.2. The van der Waals surface area contributed by atoms with Gasteiger partial charge in [-0.05, 0) is 271 Å². The highest BCUT2D eigenvalue weighted by Gasteiger charge is 2.32. The molecule has 0 aliphatic carbocycles. The first-order chi connectivity index (χ1) is 51.3. The molecule has 0 bridgehead atoms. The van der Waals surface area contributed by atoms with Crippen molar-refractivity contribution in [2.45, 2.75) is 159 Å². The quantitative estimate of drug-likeness (QED) is 0.0260. The number of hydrogen-bond donors (Lipinski definition) is 1. The van der Waals surface area contributed by atoms with Gasteiger partial charge in [-0.15, -0.1) is 0 Å². The van der Waals surface area contributed by atoms with Crippen molar-refractivity contribution in [3.63, 3.8) is 0 Å². The fraction of sp³-hybridized carbons (Fsp3) is 0.530. The molecule has 3 fully saturated rings. The first-order valence-electron chi connectivity index (χ1n) is 37.5. The number of nitrogens with two attached hydrogens (primary N) is 1. The molecule has 0 aromatic heterocycles. The maximum Gasteiger partial charge on any atom is 0.293 e. The second kappa shape index (κ2) is 41.0. The van der Waals surface area contributed by atoms with Crippen LogP contribution in [0.2, 0.25) is 0 Å². The Kier molecular flexibility index (Phi) is 34.0. The van der Waals surface area contributed by atoms with Crippen LogP contribution in [0.4, 0.5) is 22.7 Å². The Labute approximate surface area is 652 Å². The van der Waals surface area contributed by atoms with Crippen molar-refractivity contribution in [1.82, 2.24) is 27.6 Å². The minimum absolute atomic E-state index is 0.0203. The Morgan fingerprint density at radius 2 is 0.670 bits per heavy atom. The second-order valence-electron chi connectivity index (χ2n) is 29.8. The van der Waals surface area contributed by atoms with Crippen LogP contribution >= 0.6 is 0 Å². The molecule has 0 amide bonds. The Morgan fingerprint density at radius 3 is 0.917 bits per heavy atom. The van der Waals surface area contributed by atoms with Gasteiger partial charge in [0.25, 0.3) is 6.47 Å². The van der Waals surface area contributed by atoms with E-state index in [-0.39, 0.29) is 55.5 Å². The zero-order chi connectivity index (χ0) is 81.0. The molecule has 6 aromatic carbocycles. The third kappa shape index (κ3) is 23.9. The highest BCUT2D eigenvalue weighted by atomic mass is 32.2. The zero-order valence-corrected chi connectivity index (χ0v) is 71.2. The molecule has 6 aromatic rings. The summed E-state index contributed by atoms with van der Waals surface area (Å²) in [5, 5.41) is 0. The summed E-state index contributed by atoms with van der Waals surface area (Å²) < 4.78 is 103. The Bertz CT molecular complexity index is 4160. The van der Waals surface area contributed by atoms with Crippen LogP contribution in [0, 0.1) is 62.3 Å². The predicted octanol–water partition coefficient (Wildman–Crippen LogP) is 11.2. The maximum atomic E-state index is 13.3. The Morgan fingerprint density at radius 1 is 0.413 bits per heavy atom. The predicted molar refractivity (Wildman–Crippen MR) is 440 cm³/mol. The van der Waals surface area contributed by atoms with Gasteiger partial charge >= 0.3 is 0 Å². The van der Waals surface area contributed by atoms with E-state index in [0.29, 0.717) is 91.8 Å². The molecule has 3 aliphatic heterocycles. The number of Topliss-reactive ketones (excluding diaryl/α,β-unsaturated/α-hetero) is 2. The highest BCUT2D eigenvalue weighted by molar-refractivity contribution is 7.89. The Hall–Kier alpha value is -7.66. The minimum Gasteiger partial charge on any atom is -0.496 e. The standard InChI is InChI=1S/2C28H41N3O4S.C14H21NO5S.C13H21N3/c2*1-20-18-27(35-7)21(2)22(3)28(20)36(33,34)30(6)15-14-26(32)19-23-8-10-25(11-9-23)31-16-12-24(13-17-31)29(4)5;1-10-8-13(19-5)11(2)12(3)14(10)21(17,18)15(4)6-7-20-9-16;1-15(2)12-7-9-16(10-8-12)13-5-3-11(14)4-6-13/h2*8-11,18,24H,12-17,19H2,1-7H3;8-9H,6-7H2,1-5H3;3-6,12H,7-10,14H2,1-2H3. The summed E-state index contributed by atoms with van der Waals surface area (Å²) in [6.07, 6.45) is 8.04. The molecule has 9 rings (SSSR count). The average Bonchev–Trinajstić information content (AvgIpc) is 0.781. The number of sulfonamides is 3. The van der Waals surface area contributed by atoms with Crippen molar-refractivity contribution in [2.75, 3.05) is 171 Å². The normalized spacial score (nSPS) is 14.8. The van der Waals surface area contributed by atoms with Gasteiger partial charge < -0.3 is 54.1 Å². The van der Waals surface area contributed by atoms with Crippen LogP contribution in [0.15, 0.2) is 106 Å². The lowest BCUT2D eigenvalue weighted by molar-refractivity contribution is -0.128. The van der Waals surface area contributed by atoms with E-state index < -0.39 is 30.1 Å². The summed E-state index contributed by atoms with van der Waals surface area (Å²) in [4.78, 5) is 50.5. The molecule has 23 nitrogen and oxygen atoms in total. The average molecular weight is 1570 g/mol. The van der Waals surface area contributed by atoms with Crippen LogP contribution in [-0.2, 0) is 62.0 Å². The van der Waals surface area contributed by atoms with Gasteiger partial charge in [-0.25, -0.2) is 33.9 Å². The van der Waals surface area contributed by atoms with Crippen LogP contribution in [0.1, 0.15) is 113 Å². The summed E-state index contributed by atoms with van der Waals surface area (Å²) in [6.45, 7) is 23.3. The SMILES string of the molecule is CN(C)C1CCN(c2ccc(N)cc2)CC1.COc1cc(C)c(S(=O)(=O)N(C)CCC(=O)Cc2ccc(N3CCC(N(C)C)CC3)cc2)c(C)c1C.COc1cc(C)c(S(=O)(=O)N(C)CCC(=O)Cc2ccc(N3CCC(N(C)C)CC3)cc2)c(C)c1C.COc1cc(C)c(S(=O)(=O)N(C)CCOC=O)c(C)c1C. The van der Waals surface area contributed by atoms with Crippen LogP contribution in [0.3, 0.4) is 0 Å². The van der Waals surface area contributed by atoms with Crippen molar-refractivity contribution < 1.29 is 58.6 Å². The van der Waals surface area contributed by atoms with Gasteiger partial charge in [0.05, 0.1) is 36.0 Å². The van der Waals surface area contributed by atoms with Crippen molar-refractivity contribution >= 4 is 70.9 Å². The molecule has 0 unspecified atom stereocenters. The number of ether oxygens (including phenoxy) is 4. The molecular weight excluding hydrogens is 1440 g/mol. The number of hydrogen-bond acceptors (Lipinski definition) is 20. The van der Waals surface area contributed by atoms with Crippen LogP contribution in [0.5, 0.6) is 17.2 Å². The van der Waals surface area contributed by atoms with Gasteiger partial charge in [0.1, 0.15) is 35.4 Å². The molecule has 0 radical (unpaired) electrons. The van der Waals surface area contributed by atoms with E-state index in [1.807, 2.05) is 57.2 Å². The molecule has 2 N–H and O–H groups in total. The number of benzene rings is 6. The third-order valence-corrected chi connectivity index (χ3v) is 28.3. The van der Waals surface area contributed by atoms with E-state index in [1.54, 1.807) is 81.1 Å². The summed E-state index contributed by atoms with van der Waals surface area (Å²) in [6, 6.07) is 31.8. The molecule has 3 aliphatic rings. The molecule has 0 atom stereocenters. The number of anilines is 4. The van der Waals surface area contributed by atoms with E-state index in [0.717, 1.165) is 104 Å². The monoisotopic (exact) mass is 1560 g/mol. The molecular formula is C83H124N10O13S3. The fourth-order valence-corrected chi connectivity index (χ4v) is 19.3. The van der Waals surface area contributed by atoms with Gasteiger partial charge in [-0.2, -0.15) is 4.31 Å². The smallest absolute Gasteiger partial charge is 0.293 e. The molecule has 26 heteroatoms. The number of carbonyl (C=O) groups is 3. The molecule has 0 saturated carbocycles. The number of methoxy groups -OCH3 is 3. The van der Waals surface area contributed by atoms with Crippen molar-refractivity contribution in [2.24, 2.45) is 0 Å². The van der Waals surface area contributed by atoms with E-state index in [2.05, 4.69) is 113 Å². The van der Waals surface area contributed by atoms with Crippen LogP contribution < -0.4 is 34.6 Å². The lowest BCUT2D eigenvalue weighted by atomic mass is 10.0. The molecule has 602 valence electrons. The number of carbonyl (C=O) groups excluding carboxylic acids is 3. The fourth-order valence-electron chi connectivity index (χ4n) is 14.4. The second-order valence-corrected chi connectivity index (χ2v) is 35.7. The summed E-state index contributed by atoms with van der Waals surface area (Å²) in [5.74, 6) is 2.06.